The minimum Gasteiger partial charge on any atom is -0.305 e. The number of rotatable bonds is 6. The molecule has 0 N–H and O–H groups in total. The van der Waals surface area contributed by atoms with Crippen molar-refractivity contribution in [2.24, 2.45) is 5.92 Å². The van der Waals surface area contributed by atoms with Crippen LogP contribution < -0.4 is 0 Å². The molecule has 0 saturated carbocycles. The van der Waals surface area contributed by atoms with Gasteiger partial charge in [-0.2, -0.15) is 5.26 Å². The van der Waals surface area contributed by atoms with E-state index in [4.69, 9.17) is 5.26 Å². The highest BCUT2D eigenvalue weighted by molar-refractivity contribution is 5.75. The number of nitrogens with zero attached hydrogens (tertiary/aromatic N) is 2. The highest BCUT2D eigenvalue weighted by atomic mass is 16.1. The number of nitriles is 1. The monoisotopic (exact) mass is 182 g/mol. The zero-order chi connectivity index (χ0) is 10.3. The molecule has 0 aliphatic heterocycles. The molecule has 0 spiro atoms. The minimum atomic E-state index is 0.0716. The molecule has 3 nitrogen and oxygen atoms in total. The van der Waals surface area contributed by atoms with Crippen LogP contribution in [0.2, 0.25) is 0 Å². The van der Waals surface area contributed by atoms with Crippen molar-refractivity contribution in [2.45, 2.75) is 26.7 Å². The van der Waals surface area contributed by atoms with Crippen LogP contribution in [0.15, 0.2) is 0 Å². The lowest BCUT2D eigenvalue weighted by atomic mass is 10.2. The topological polar surface area (TPSA) is 44.1 Å². The Morgan fingerprint density at radius 2 is 2.23 bits per heavy atom. The van der Waals surface area contributed by atoms with Gasteiger partial charge in [-0.05, 0) is 33.9 Å². The molecule has 13 heavy (non-hydrogen) atoms. The first-order valence-electron chi connectivity index (χ1n) is 4.64. The Kier molecular flexibility index (Phi) is 6.17. The molecule has 0 bridgehead atoms. The molecule has 0 aliphatic rings. The predicted octanol–water partition coefficient (Wildman–Crippen LogP) is 1.45. The van der Waals surface area contributed by atoms with E-state index in [2.05, 4.69) is 11.0 Å². The maximum atomic E-state index is 10.6. The van der Waals surface area contributed by atoms with E-state index in [1.807, 2.05) is 14.0 Å². The summed E-state index contributed by atoms with van der Waals surface area (Å²) in [6, 6.07) is 2.19. The van der Waals surface area contributed by atoms with Gasteiger partial charge in [0.1, 0.15) is 5.78 Å². The number of hydrogen-bond acceptors (Lipinski definition) is 3. The van der Waals surface area contributed by atoms with Crippen LogP contribution in [0.5, 0.6) is 0 Å². The van der Waals surface area contributed by atoms with E-state index in [9.17, 15) is 4.79 Å². The lowest BCUT2D eigenvalue weighted by molar-refractivity contribution is -0.117. The van der Waals surface area contributed by atoms with Gasteiger partial charge < -0.3 is 9.69 Å². The number of carbonyl (C=O) groups excluding carboxylic acids is 1. The van der Waals surface area contributed by atoms with E-state index in [-0.39, 0.29) is 11.7 Å². The molecule has 0 amide bonds. The molecular formula is C10H18N2O. The van der Waals surface area contributed by atoms with Crippen molar-refractivity contribution in [3.8, 4) is 6.07 Å². The number of ketones is 1. The maximum Gasteiger partial charge on any atom is 0.129 e. The Balaban J connectivity index is 3.47. The van der Waals surface area contributed by atoms with Gasteiger partial charge in [-0.3, -0.25) is 0 Å². The number of hydrogen-bond donors (Lipinski definition) is 0. The molecule has 1 atom stereocenters. The summed E-state index contributed by atoms with van der Waals surface area (Å²) in [4.78, 5) is 12.7. The largest absolute Gasteiger partial charge is 0.305 e. The standard InChI is InChI=1S/C10H18N2O/c1-9(7-11)8-12(3)6-4-5-10(2)13/h9H,4-6,8H2,1-3H3. The molecule has 0 fully saturated rings. The van der Waals surface area contributed by atoms with Gasteiger partial charge in [-0.1, -0.05) is 0 Å². The molecule has 0 aromatic carbocycles. The van der Waals surface area contributed by atoms with Crippen molar-refractivity contribution < 1.29 is 4.79 Å². The smallest absolute Gasteiger partial charge is 0.129 e. The third-order valence-electron chi connectivity index (χ3n) is 1.87. The lowest BCUT2D eigenvalue weighted by Crippen LogP contribution is -2.25. The zero-order valence-corrected chi connectivity index (χ0v) is 8.71. The van der Waals surface area contributed by atoms with Crippen LogP contribution >= 0.6 is 0 Å². The van der Waals surface area contributed by atoms with Crippen molar-refractivity contribution in [1.29, 1.82) is 5.26 Å². The fraction of sp³-hybridized carbons (Fsp3) is 0.800. The SMILES string of the molecule is CC(=O)CCCN(C)CC(C)C#N. The van der Waals surface area contributed by atoms with Gasteiger partial charge in [0.2, 0.25) is 0 Å². The molecule has 0 heterocycles. The summed E-state index contributed by atoms with van der Waals surface area (Å²) >= 11 is 0. The molecule has 0 aliphatic carbocycles. The molecular weight excluding hydrogens is 164 g/mol. The summed E-state index contributed by atoms with van der Waals surface area (Å²) in [5.41, 5.74) is 0. The third kappa shape index (κ3) is 7.48. The van der Waals surface area contributed by atoms with E-state index in [0.717, 1.165) is 19.5 Å². The number of carbonyl (C=O) groups is 1. The van der Waals surface area contributed by atoms with Gasteiger partial charge in [0.15, 0.2) is 0 Å². The normalized spacial score (nSPS) is 12.5. The van der Waals surface area contributed by atoms with Crippen LogP contribution in [-0.4, -0.2) is 30.8 Å². The lowest BCUT2D eigenvalue weighted by Gasteiger charge is -2.16. The Bertz CT molecular complexity index is 196. The van der Waals surface area contributed by atoms with Crippen molar-refractivity contribution in [1.82, 2.24) is 4.90 Å². The second-order valence-electron chi connectivity index (χ2n) is 3.60. The van der Waals surface area contributed by atoms with Gasteiger partial charge in [0, 0.05) is 13.0 Å². The Labute approximate surface area is 80.3 Å². The summed E-state index contributed by atoms with van der Waals surface area (Å²) in [5.74, 6) is 0.309. The first-order chi connectivity index (χ1) is 6.06. The molecule has 1 unspecified atom stereocenters. The van der Waals surface area contributed by atoms with Gasteiger partial charge in [-0.25, -0.2) is 0 Å². The minimum absolute atomic E-state index is 0.0716. The van der Waals surface area contributed by atoms with Crippen LogP contribution in [0.3, 0.4) is 0 Å². The molecule has 0 aromatic rings. The first-order valence-corrected chi connectivity index (χ1v) is 4.64. The van der Waals surface area contributed by atoms with Crippen molar-refractivity contribution >= 4 is 5.78 Å². The van der Waals surface area contributed by atoms with Crippen LogP contribution in [0, 0.1) is 17.2 Å². The van der Waals surface area contributed by atoms with Crippen LogP contribution in [-0.2, 0) is 4.79 Å². The zero-order valence-electron chi connectivity index (χ0n) is 8.71. The fourth-order valence-corrected chi connectivity index (χ4v) is 1.20. The second kappa shape index (κ2) is 6.62. The van der Waals surface area contributed by atoms with Crippen molar-refractivity contribution in [2.75, 3.05) is 20.1 Å². The second-order valence-corrected chi connectivity index (χ2v) is 3.60. The average molecular weight is 182 g/mol. The van der Waals surface area contributed by atoms with E-state index in [1.54, 1.807) is 6.92 Å². The predicted molar refractivity (Wildman–Crippen MR) is 52.2 cm³/mol. The molecule has 0 aromatic heterocycles. The number of Topliss-reactive ketones (excluding diaryl/α,β-unsaturated/α-hetero) is 1. The summed E-state index contributed by atoms with van der Waals surface area (Å²) in [6.07, 6.45) is 1.54. The maximum absolute atomic E-state index is 10.6. The third-order valence-corrected chi connectivity index (χ3v) is 1.87. The van der Waals surface area contributed by atoms with Gasteiger partial charge in [0.05, 0.1) is 12.0 Å². The molecule has 74 valence electrons. The molecule has 0 saturated heterocycles. The van der Waals surface area contributed by atoms with Crippen LogP contribution in [0.4, 0.5) is 0 Å². The summed E-state index contributed by atoms with van der Waals surface area (Å²) in [6.45, 7) is 5.19. The fourth-order valence-electron chi connectivity index (χ4n) is 1.20. The van der Waals surface area contributed by atoms with Crippen molar-refractivity contribution in [3.05, 3.63) is 0 Å². The highest BCUT2D eigenvalue weighted by Gasteiger charge is 2.04. The van der Waals surface area contributed by atoms with Gasteiger partial charge in [-0.15, -0.1) is 0 Å². The van der Waals surface area contributed by atoms with Gasteiger partial charge >= 0.3 is 0 Å². The summed E-state index contributed by atoms with van der Waals surface area (Å²) in [7, 11) is 1.98. The molecule has 0 radical (unpaired) electrons. The highest BCUT2D eigenvalue weighted by Crippen LogP contribution is 1.98. The van der Waals surface area contributed by atoms with Crippen LogP contribution in [0.25, 0.3) is 0 Å². The van der Waals surface area contributed by atoms with E-state index in [0.29, 0.717) is 6.42 Å². The Hall–Kier alpha value is -0.880. The molecule has 3 heteroatoms. The van der Waals surface area contributed by atoms with Crippen molar-refractivity contribution in [3.63, 3.8) is 0 Å². The first kappa shape index (κ1) is 12.1. The Morgan fingerprint density at radius 1 is 1.62 bits per heavy atom. The van der Waals surface area contributed by atoms with Crippen LogP contribution in [0.1, 0.15) is 26.7 Å². The van der Waals surface area contributed by atoms with Gasteiger partial charge in [0.25, 0.3) is 0 Å². The van der Waals surface area contributed by atoms with E-state index >= 15 is 0 Å². The van der Waals surface area contributed by atoms with E-state index in [1.165, 1.54) is 0 Å². The summed E-state index contributed by atoms with van der Waals surface area (Å²) < 4.78 is 0. The molecule has 0 rings (SSSR count). The summed E-state index contributed by atoms with van der Waals surface area (Å²) in [5, 5.41) is 8.57. The van der Waals surface area contributed by atoms with E-state index < -0.39 is 0 Å². The Morgan fingerprint density at radius 3 is 2.69 bits per heavy atom. The average Bonchev–Trinajstić information content (AvgIpc) is 2.03. The quantitative estimate of drug-likeness (QED) is 0.624.